The molecule has 3 aromatic carbocycles. The maximum atomic E-state index is 13.8. The van der Waals surface area contributed by atoms with Crippen molar-refractivity contribution < 1.29 is 9.53 Å². The number of anilines is 1. The van der Waals surface area contributed by atoms with Gasteiger partial charge in [-0.2, -0.15) is 9.78 Å². The van der Waals surface area contributed by atoms with Crippen LogP contribution in [-0.4, -0.2) is 34.4 Å². The van der Waals surface area contributed by atoms with Crippen molar-refractivity contribution in [3.8, 4) is 11.4 Å². The fourth-order valence-corrected chi connectivity index (χ4v) is 4.69. The third kappa shape index (κ3) is 3.73. The van der Waals surface area contributed by atoms with E-state index in [1.54, 1.807) is 61.1 Å². The molecular weight excluding hydrogens is 487 g/mol. The summed E-state index contributed by atoms with van der Waals surface area (Å²) in [5.74, 6) is 0.0770. The van der Waals surface area contributed by atoms with E-state index in [1.165, 1.54) is 16.7 Å². The molecule has 1 amide bonds. The number of nitrogens with zero attached hydrogens (tertiary/aromatic N) is 4. The average molecular weight is 507 g/mol. The molecule has 2 aromatic heterocycles. The highest BCUT2D eigenvalue weighted by Crippen LogP contribution is 2.31. The molecule has 176 valence electrons. The van der Waals surface area contributed by atoms with Gasteiger partial charge in [0, 0.05) is 41.1 Å². The highest BCUT2D eigenvalue weighted by atomic mass is 35.5. The Balaban J connectivity index is 1.83. The highest BCUT2D eigenvalue weighted by Gasteiger charge is 2.26. The van der Waals surface area contributed by atoms with Gasteiger partial charge in [-0.05, 0) is 42.5 Å². The van der Waals surface area contributed by atoms with Gasteiger partial charge in [0.2, 0.25) is 0 Å². The van der Waals surface area contributed by atoms with Crippen LogP contribution in [0.2, 0.25) is 10.0 Å². The maximum absolute atomic E-state index is 13.8. The second-order valence-electron chi connectivity index (χ2n) is 8.03. The third-order valence-electron chi connectivity index (χ3n) is 6.02. The highest BCUT2D eigenvalue weighted by molar-refractivity contribution is 6.32. The van der Waals surface area contributed by atoms with E-state index in [2.05, 4.69) is 5.10 Å². The Morgan fingerprint density at radius 3 is 2.51 bits per heavy atom. The molecule has 5 rings (SSSR count). The molecule has 0 fully saturated rings. The largest absolute Gasteiger partial charge is 0.495 e. The summed E-state index contributed by atoms with van der Waals surface area (Å²) in [6.45, 7) is 0. The molecule has 0 N–H and O–H groups in total. The number of carbonyl (C=O) groups is 1. The second kappa shape index (κ2) is 8.76. The Bertz CT molecular complexity index is 1690. The van der Waals surface area contributed by atoms with Crippen LogP contribution in [0.25, 0.3) is 27.5 Å². The van der Waals surface area contributed by atoms with Crippen molar-refractivity contribution >= 4 is 56.6 Å². The number of halogens is 2. The SMILES string of the molecule is COc1ccc(-n2nc(C(=O)N(C)c3cccc(Cl)c3)c3c4ccccc4n(C)c3c2=O)cc1Cl. The molecule has 0 spiro atoms. The average Bonchev–Trinajstić information content (AvgIpc) is 3.16. The number of rotatable bonds is 4. The van der Waals surface area contributed by atoms with E-state index in [4.69, 9.17) is 27.9 Å². The number of benzene rings is 3. The summed E-state index contributed by atoms with van der Waals surface area (Å²) >= 11 is 12.5. The van der Waals surface area contributed by atoms with Gasteiger partial charge in [0.25, 0.3) is 11.5 Å². The second-order valence-corrected chi connectivity index (χ2v) is 8.87. The Morgan fingerprint density at radius 2 is 1.80 bits per heavy atom. The maximum Gasteiger partial charge on any atom is 0.296 e. The Hall–Kier alpha value is -3.81. The Morgan fingerprint density at radius 1 is 1.03 bits per heavy atom. The summed E-state index contributed by atoms with van der Waals surface area (Å²) < 4.78 is 8.22. The molecule has 9 heteroatoms. The van der Waals surface area contributed by atoms with Crippen molar-refractivity contribution in [3.05, 3.63) is 92.8 Å². The zero-order valence-corrected chi connectivity index (χ0v) is 20.6. The first-order valence-electron chi connectivity index (χ1n) is 10.7. The number of para-hydroxylation sites is 1. The van der Waals surface area contributed by atoms with Crippen molar-refractivity contribution in [2.45, 2.75) is 0 Å². The number of methoxy groups -OCH3 is 1. The van der Waals surface area contributed by atoms with E-state index in [0.717, 1.165) is 10.9 Å². The molecule has 7 nitrogen and oxygen atoms in total. The fourth-order valence-electron chi connectivity index (χ4n) is 4.25. The lowest BCUT2D eigenvalue weighted by molar-refractivity contribution is 0.0988. The third-order valence-corrected chi connectivity index (χ3v) is 6.55. The van der Waals surface area contributed by atoms with Gasteiger partial charge < -0.3 is 14.2 Å². The van der Waals surface area contributed by atoms with Crippen molar-refractivity contribution in [1.29, 1.82) is 0 Å². The molecule has 5 aromatic rings. The van der Waals surface area contributed by atoms with Crippen molar-refractivity contribution in [3.63, 3.8) is 0 Å². The van der Waals surface area contributed by atoms with E-state index >= 15 is 0 Å². The molecule has 0 aliphatic carbocycles. The molecule has 0 unspecified atom stereocenters. The number of hydrogen-bond acceptors (Lipinski definition) is 4. The van der Waals surface area contributed by atoms with E-state index in [9.17, 15) is 9.59 Å². The summed E-state index contributed by atoms with van der Waals surface area (Å²) in [5.41, 5.74) is 1.94. The zero-order valence-electron chi connectivity index (χ0n) is 19.1. The number of carbonyl (C=O) groups excluding carboxylic acids is 1. The number of ether oxygens (including phenoxy) is 1. The van der Waals surface area contributed by atoms with Crippen LogP contribution in [0.4, 0.5) is 5.69 Å². The lowest BCUT2D eigenvalue weighted by Crippen LogP contribution is -2.31. The van der Waals surface area contributed by atoms with E-state index < -0.39 is 0 Å². The van der Waals surface area contributed by atoms with Gasteiger partial charge in [-0.15, -0.1) is 0 Å². The minimum absolute atomic E-state index is 0.130. The lowest BCUT2D eigenvalue weighted by atomic mass is 10.1. The quantitative estimate of drug-likeness (QED) is 0.324. The molecule has 0 saturated heterocycles. The summed E-state index contributed by atoms with van der Waals surface area (Å²) in [7, 11) is 4.95. The van der Waals surface area contributed by atoms with Crippen LogP contribution in [0.3, 0.4) is 0 Å². The van der Waals surface area contributed by atoms with Gasteiger partial charge in [-0.1, -0.05) is 47.5 Å². The van der Waals surface area contributed by atoms with Crippen molar-refractivity contribution in [1.82, 2.24) is 14.3 Å². The van der Waals surface area contributed by atoms with E-state index in [-0.39, 0.29) is 17.2 Å². The minimum Gasteiger partial charge on any atom is -0.495 e. The molecule has 0 atom stereocenters. The summed E-state index contributed by atoms with van der Waals surface area (Å²) in [6, 6.07) is 19.4. The van der Waals surface area contributed by atoms with E-state index in [1.807, 2.05) is 24.3 Å². The van der Waals surface area contributed by atoms with Crippen LogP contribution >= 0.6 is 23.2 Å². The molecule has 35 heavy (non-hydrogen) atoms. The molecule has 2 heterocycles. The van der Waals surface area contributed by atoms with Crippen LogP contribution in [0, 0.1) is 0 Å². The molecule has 0 radical (unpaired) electrons. The van der Waals surface area contributed by atoms with Gasteiger partial charge in [-0.3, -0.25) is 9.59 Å². The first kappa shape index (κ1) is 23.0. The molecular formula is C26H20Cl2N4O3. The van der Waals surface area contributed by atoms with Gasteiger partial charge in [0.05, 0.1) is 17.8 Å². The standard InChI is InChI=1S/C26H20Cl2N4O3/c1-30(16-8-6-7-15(27)13-16)25(33)23-22-18-9-4-5-10-20(18)31(2)24(22)26(34)32(29-23)17-11-12-21(35-3)19(28)14-17/h4-14H,1-3H3. The Labute approximate surface area is 210 Å². The molecule has 0 aliphatic heterocycles. The van der Waals surface area contributed by atoms with Crippen molar-refractivity contribution in [2.24, 2.45) is 7.05 Å². The predicted octanol–water partition coefficient (Wildman–Crippen LogP) is 5.47. The molecule has 0 saturated carbocycles. The number of amides is 1. The number of aryl methyl sites for hydroxylation is 1. The number of hydrogen-bond donors (Lipinski definition) is 0. The van der Waals surface area contributed by atoms with Gasteiger partial charge >= 0.3 is 0 Å². The fraction of sp³-hybridized carbons (Fsp3) is 0.115. The smallest absolute Gasteiger partial charge is 0.296 e. The van der Waals surface area contributed by atoms with Gasteiger partial charge in [0.15, 0.2) is 5.69 Å². The van der Waals surface area contributed by atoms with Crippen LogP contribution in [0.15, 0.2) is 71.5 Å². The predicted molar refractivity (Wildman–Crippen MR) is 140 cm³/mol. The van der Waals surface area contributed by atoms with E-state index in [0.29, 0.717) is 38.1 Å². The summed E-state index contributed by atoms with van der Waals surface area (Å²) in [6.07, 6.45) is 0. The Kier molecular flexibility index (Phi) is 5.75. The minimum atomic E-state index is -0.387. The van der Waals surface area contributed by atoms with Crippen LogP contribution in [-0.2, 0) is 7.05 Å². The van der Waals surface area contributed by atoms with Crippen LogP contribution < -0.4 is 15.2 Å². The van der Waals surface area contributed by atoms with Crippen LogP contribution in [0.1, 0.15) is 10.5 Å². The first-order valence-corrected chi connectivity index (χ1v) is 11.5. The van der Waals surface area contributed by atoms with Crippen LogP contribution in [0.5, 0.6) is 5.75 Å². The van der Waals surface area contributed by atoms with Gasteiger partial charge in [-0.25, -0.2) is 0 Å². The summed E-state index contributed by atoms with van der Waals surface area (Å²) in [4.78, 5) is 29.0. The van der Waals surface area contributed by atoms with Crippen molar-refractivity contribution in [2.75, 3.05) is 19.1 Å². The normalized spacial score (nSPS) is 11.2. The first-order chi connectivity index (χ1) is 16.8. The number of aromatic nitrogens is 3. The lowest BCUT2D eigenvalue weighted by Gasteiger charge is -2.18. The molecule has 0 bridgehead atoms. The number of fused-ring (bicyclic) bond motifs is 3. The summed E-state index contributed by atoms with van der Waals surface area (Å²) in [5, 5.41) is 6.64. The topological polar surface area (TPSA) is 69.4 Å². The van der Waals surface area contributed by atoms with Gasteiger partial charge in [0.1, 0.15) is 11.3 Å². The monoisotopic (exact) mass is 506 g/mol. The zero-order chi connectivity index (χ0) is 24.9. The molecule has 0 aliphatic rings.